The highest BCUT2D eigenvalue weighted by Crippen LogP contribution is 2.37. The van der Waals surface area contributed by atoms with Crippen molar-refractivity contribution in [3.63, 3.8) is 0 Å². The maximum absolute atomic E-state index is 12.7. The van der Waals surface area contributed by atoms with Gasteiger partial charge in [-0.05, 0) is 50.3 Å². The van der Waals surface area contributed by atoms with Gasteiger partial charge in [0.1, 0.15) is 11.3 Å². The first kappa shape index (κ1) is 19.3. The third-order valence-electron chi connectivity index (χ3n) is 5.49. The second kappa shape index (κ2) is 8.56. The molecule has 3 aromatic rings. The number of furan rings is 1. The molecule has 1 aliphatic heterocycles. The Kier molecular flexibility index (Phi) is 5.70. The highest BCUT2D eigenvalue weighted by molar-refractivity contribution is 6.00. The first-order valence-corrected chi connectivity index (χ1v) is 10.4. The number of hydrogen-bond acceptors (Lipinski definition) is 3. The molecule has 2 heterocycles. The lowest BCUT2D eigenvalue weighted by Crippen LogP contribution is -2.34. The van der Waals surface area contributed by atoms with Crippen LogP contribution >= 0.6 is 0 Å². The van der Waals surface area contributed by atoms with E-state index in [9.17, 15) is 4.79 Å². The molecule has 4 heteroatoms. The highest BCUT2D eigenvalue weighted by Gasteiger charge is 2.18. The van der Waals surface area contributed by atoms with Crippen LogP contribution in [0.25, 0.3) is 27.7 Å². The Bertz CT molecular complexity index is 1030. The number of carbonyl (C=O) groups is 1. The molecule has 0 radical (unpaired) electrons. The van der Waals surface area contributed by atoms with Crippen LogP contribution < -0.4 is 4.74 Å². The number of fused-ring (bicyclic) bond motifs is 1. The Hall–Kier alpha value is -3.01. The number of piperidine rings is 1. The molecule has 0 N–H and O–H groups in total. The molecule has 1 aromatic heterocycles. The van der Waals surface area contributed by atoms with E-state index in [1.807, 2.05) is 43.0 Å². The lowest BCUT2D eigenvalue weighted by Gasteiger charge is -2.25. The molecule has 4 rings (SSSR count). The lowest BCUT2D eigenvalue weighted by atomic mass is 9.99. The van der Waals surface area contributed by atoms with Gasteiger partial charge in [-0.15, -0.1) is 0 Å². The summed E-state index contributed by atoms with van der Waals surface area (Å²) in [4.78, 5) is 14.7. The van der Waals surface area contributed by atoms with Crippen molar-refractivity contribution in [2.45, 2.75) is 33.1 Å². The second-order valence-electron chi connectivity index (χ2n) is 7.51. The summed E-state index contributed by atoms with van der Waals surface area (Å²) in [6.07, 6.45) is 6.92. The van der Waals surface area contributed by atoms with Gasteiger partial charge in [-0.25, -0.2) is 0 Å². The van der Waals surface area contributed by atoms with Gasteiger partial charge in [0.05, 0.1) is 12.9 Å². The summed E-state index contributed by atoms with van der Waals surface area (Å²) in [5.74, 6) is 0.828. The Labute approximate surface area is 171 Å². The molecule has 0 saturated carbocycles. The number of carbonyl (C=O) groups excluding carboxylic acids is 1. The molecule has 0 unspecified atom stereocenters. The third-order valence-corrected chi connectivity index (χ3v) is 5.49. The number of amides is 1. The van der Waals surface area contributed by atoms with Crippen molar-refractivity contribution in [1.82, 2.24) is 4.90 Å². The van der Waals surface area contributed by atoms with Gasteiger partial charge in [0.15, 0.2) is 0 Å². The van der Waals surface area contributed by atoms with E-state index in [0.717, 1.165) is 64.9 Å². The van der Waals surface area contributed by atoms with Crippen LogP contribution in [-0.2, 0) is 4.79 Å². The van der Waals surface area contributed by atoms with Crippen molar-refractivity contribution < 1.29 is 13.9 Å². The molecular weight excluding hydrogens is 362 g/mol. The summed E-state index contributed by atoms with van der Waals surface area (Å²) < 4.78 is 11.7. The zero-order chi connectivity index (χ0) is 20.2. The minimum atomic E-state index is 0.0835. The summed E-state index contributed by atoms with van der Waals surface area (Å²) in [5, 5.41) is 1.02. The second-order valence-corrected chi connectivity index (χ2v) is 7.51. The first-order valence-electron chi connectivity index (χ1n) is 10.4. The van der Waals surface area contributed by atoms with Gasteiger partial charge >= 0.3 is 0 Å². The van der Waals surface area contributed by atoms with Crippen molar-refractivity contribution in [2.24, 2.45) is 0 Å². The number of benzene rings is 2. The van der Waals surface area contributed by atoms with Crippen molar-refractivity contribution in [2.75, 3.05) is 19.7 Å². The van der Waals surface area contributed by atoms with Gasteiger partial charge in [-0.3, -0.25) is 4.79 Å². The molecule has 1 aliphatic rings. The maximum atomic E-state index is 12.7. The number of rotatable bonds is 5. The van der Waals surface area contributed by atoms with Crippen LogP contribution in [0.1, 0.15) is 38.7 Å². The average molecular weight is 389 g/mol. The van der Waals surface area contributed by atoms with Crippen LogP contribution in [0.3, 0.4) is 0 Å². The Morgan fingerprint density at radius 1 is 1.14 bits per heavy atom. The summed E-state index contributed by atoms with van der Waals surface area (Å²) in [6, 6.07) is 14.2. The largest absolute Gasteiger partial charge is 0.493 e. The van der Waals surface area contributed by atoms with Crippen LogP contribution in [0, 0.1) is 0 Å². The van der Waals surface area contributed by atoms with E-state index in [1.165, 1.54) is 6.42 Å². The van der Waals surface area contributed by atoms with E-state index in [1.54, 1.807) is 12.3 Å². The van der Waals surface area contributed by atoms with Crippen molar-refractivity contribution >= 4 is 22.4 Å². The lowest BCUT2D eigenvalue weighted by molar-refractivity contribution is -0.126. The van der Waals surface area contributed by atoms with Crippen LogP contribution in [0.5, 0.6) is 5.75 Å². The van der Waals surface area contributed by atoms with Crippen LogP contribution in [0.4, 0.5) is 0 Å². The Morgan fingerprint density at radius 2 is 1.90 bits per heavy atom. The zero-order valence-electron chi connectivity index (χ0n) is 17.1. The molecule has 0 atom stereocenters. The van der Waals surface area contributed by atoms with Gasteiger partial charge < -0.3 is 14.1 Å². The fourth-order valence-corrected chi connectivity index (χ4v) is 3.95. The Balaban J connectivity index is 1.75. The normalized spacial score (nSPS) is 15.0. The standard InChI is InChI=1S/C25H27NO3/c1-3-28-23-16-24-21(22(17-29-24)19-10-6-4-7-11-19)15-20(23)18(2)14-25(27)26-12-8-5-9-13-26/h4,6-7,10-11,14-17H,3,5,8-9,12-13H2,1-2H3/b18-14+. The van der Waals surface area contributed by atoms with Gasteiger partial charge in [0.2, 0.25) is 5.91 Å². The minimum absolute atomic E-state index is 0.0835. The number of hydrogen-bond donors (Lipinski definition) is 0. The van der Waals surface area contributed by atoms with Gasteiger partial charge in [-0.1, -0.05) is 30.3 Å². The highest BCUT2D eigenvalue weighted by atomic mass is 16.5. The first-order chi connectivity index (χ1) is 14.2. The molecule has 1 saturated heterocycles. The Morgan fingerprint density at radius 3 is 2.62 bits per heavy atom. The van der Waals surface area contributed by atoms with E-state index in [4.69, 9.17) is 9.15 Å². The van der Waals surface area contributed by atoms with E-state index < -0.39 is 0 Å². The molecule has 0 spiro atoms. The molecule has 4 nitrogen and oxygen atoms in total. The average Bonchev–Trinajstić information content (AvgIpc) is 3.17. The molecule has 0 aliphatic carbocycles. The number of ether oxygens (including phenoxy) is 1. The molecule has 1 fully saturated rings. The summed E-state index contributed by atoms with van der Waals surface area (Å²) in [5.41, 5.74) is 4.77. The SMILES string of the molecule is CCOc1cc2occ(-c3ccccc3)c2cc1/C(C)=C/C(=O)N1CCCCC1. The zero-order valence-corrected chi connectivity index (χ0v) is 17.1. The molecule has 2 aromatic carbocycles. The fourth-order valence-electron chi connectivity index (χ4n) is 3.95. The molecule has 1 amide bonds. The molecule has 150 valence electrons. The van der Waals surface area contributed by atoms with Crippen molar-refractivity contribution in [1.29, 1.82) is 0 Å². The topological polar surface area (TPSA) is 42.7 Å². The predicted octanol–water partition coefficient (Wildman–Crippen LogP) is 5.91. The van der Waals surface area contributed by atoms with Crippen LogP contribution in [0.2, 0.25) is 0 Å². The van der Waals surface area contributed by atoms with Gasteiger partial charge in [-0.2, -0.15) is 0 Å². The van der Waals surface area contributed by atoms with Crippen molar-refractivity contribution in [3.8, 4) is 16.9 Å². The monoisotopic (exact) mass is 389 g/mol. The summed E-state index contributed by atoms with van der Waals surface area (Å²) in [6.45, 7) is 6.19. The number of likely N-dealkylation sites (tertiary alicyclic amines) is 1. The smallest absolute Gasteiger partial charge is 0.246 e. The van der Waals surface area contributed by atoms with Gasteiger partial charge in [0.25, 0.3) is 0 Å². The van der Waals surface area contributed by atoms with E-state index >= 15 is 0 Å². The molecule has 0 bridgehead atoms. The number of nitrogens with zero attached hydrogens (tertiary/aromatic N) is 1. The van der Waals surface area contributed by atoms with Crippen LogP contribution in [-0.4, -0.2) is 30.5 Å². The quantitative estimate of drug-likeness (QED) is 0.509. The maximum Gasteiger partial charge on any atom is 0.246 e. The third kappa shape index (κ3) is 4.07. The molecule has 29 heavy (non-hydrogen) atoms. The fraction of sp³-hybridized carbons (Fsp3) is 0.320. The van der Waals surface area contributed by atoms with Gasteiger partial charge in [0, 0.05) is 41.7 Å². The minimum Gasteiger partial charge on any atom is -0.493 e. The summed E-state index contributed by atoms with van der Waals surface area (Å²) >= 11 is 0. The summed E-state index contributed by atoms with van der Waals surface area (Å²) in [7, 11) is 0. The van der Waals surface area contributed by atoms with Crippen molar-refractivity contribution in [3.05, 3.63) is 60.4 Å². The predicted molar refractivity (Wildman–Crippen MR) is 117 cm³/mol. The van der Waals surface area contributed by atoms with Crippen LogP contribution in [0.15, 0.2) is 59.2 Å². The number of allylic oxidation sites excluding steroid dienone is 1. The molecular formula is C25H27NO3. The van der Waals surface area contributed by atoms with E-state index in [2.05, 4.69) is 18.2 Å². The van der Waals surface area contributed by atoms with E-state index in [-0.39, 0.29) is 5.91 Å². The van der Waals surface area contributed by atoms with E-state index in [0.29, 0.717) is 6.61 Å².